The third kappa shape index (κ3) is 29.1. The molecule has 0 spiro atoms. The summed E-state index contributed by atoms with van der Waals surface area (Å²) >= 11 is 0. The smallest absolute Gasteiger partial charge is 0.305 e. The Hall–Kier alpha value is -1.06. The minimum Gasteiger partial charge on any atom is -0.466 e. The van der Waals surface area contributed by atoms with Crippen molar-refractivity contribution in [1.29, 1.82) is 0 Å². The lowest BCUT2D eigenvalue weighted by Crippen LogP contribution is -2.07. The zero-order valence-electron chi connectivity index (χ0n) is 23.7. The third-order valence-corrected chi connectivity index (χ3v) is 6.78. The van der Waals surface area contributed by atoms with Crippen molar-refractivity contribution in [3.63, 3.8) is 0 Å². The zero-order valence-corrected chi connectivity index (χ0v) is 23.7. The molecule has 0 aromatic rings. The van der Waals surface area contributed by atoms with E-state index in [1.807, 2.05) is 0 Å². The molecule has 0 radical (unpaired) electrons. The van der Waals surface area contributed by atoms with E-state index in [0.717, 1.165) is 44.9 Å². The van der Waals surface area contributed by atoms with Gasteiger partial charge in [-0.25, -0.2) is 0 Å². The van der Waals surface area contributed by atoms with Gasteiger partial charge in [-0.05, 0) is 25.7 Å². The highest BCUT2D eigenvalue weighted by Gasteiger charge is 2.05. The first-order valence-corrected chi connectivity index (χ1v) is 15.5. The lowest BCUT2D eigenvalue weighted by Gasteiger charge is -2.06. The van der Waals surface area contributed by atoms with Gasteiger partial charge in [0, 0.05) is 12.8 Å². The van der Waals surface area contributed by atoms with Crippen molar-refractivity contribution in [3.8, 4) is 0 Å². The van der Waals surface area contributed by atoms with Crippen LogP contribution in [0.3, 0.4) is 0 Å². The summed E-state index contributed by atoms with van der Waals surface area (Å²) in [7, 11) is 0. The predicted molar refractivity (Wildman–Crippen MR) is 149 cm³/mol. The highest BCUT2D eigenvalue weighted by Crippen LogP contribution is 2.13. The van der Waals surface area contributed by atoms with Gasteiger partial charge in [-0.1, -0.05) is 136 Å². The Balaban J connectivity index is 3.24. The molecule has 0 aromatic heterocycles. The molecule has 4 nitrogen and oxygen atoms in total. The Morgan fingerprint density at radius 3 is 0.943 bits per heavy atom. The van der Waals surface area contributed by atoms with Gasteiger partial charge in [0.15, 0.2) is 0 Å². The fourth-order valence-corrected chi connectivity index (χ4v) is 4.41. The molecule has 0 fully saturated rings. The Labute approximate surface area is 218 Å². The molecule has 0 aromatic carbocycles. The van der Waals surface area contributed by atoms with Gasteiger partial charge in [0.05, 0.1) is 13.2 Å². The van der Waals surface area contributed by atoms with Crippen molar-refractivity contribution in [2.45, 2.75) is 174 Å². The molecule has 0 aliphatic rings. The van der Waals surface area contributed by atoms with E-state index in [0.29, 0.717) is 26.1 Å². The molecule has 4 heteroatoms. The van der Waals surface area contributed by atoms with E-state index in [4.69, 9.17) is 9.47 Å². The van der Waals surface area contributed by atoms with Crippen molar-refractivity contribution in [3.05, 3.63) is 0 Å². The standard InChI is InChI=1S/C31H60O4/c1-3-5-7-9-10-11-12-13-14-15-16-17-18-20-25-29-35-31(33)27-23-21-22-26-30(32)34-28-24-19-8-6-4-2/h3-29H2,1-2H3. The molecule has 0 saturated carbocycles. The van der Waals surface area contributed by atoms with E-state index in [2.05, 4.69) is 13.8 Å². The van der Waals surface area contributed by atoms with Crippen LogP contribution in [0.5, 0.6) is 0 Å². The van der Waals surface area contributed by atoms with Crippen molar-refractivity contribution in [2.24, 2.45) is 0 Å². The van der Waals surface area contributed by atoms with Crippen molar-refractivity contribution >= 4 is 11.9 Å². The first-order chi connectivity index (χ1) is 17.2. The van der Waals surface area contributed by atoms with Crippen molar-refractivity contribution in [1.82, 2.24) is 0 Å². The van der Waals surface area contributed by atoms with Gasteiger partial charge >= 0.3 is 11.9 Å². The normalized spacial score (nSPS) is 11.0. The number of carbonyl (C=O) groups excluding carboxylic acids is 2. The van der Waals surface area contributed by atoms with E-state index in [-0.39, 0.29) is 11.9 Å². The molecule has 0 rings (SSSR count). The van der Waals surface area contributed by atoms with E-state index < -0.39 is 0 Å². The van der Waals surface area contributed by atoms with Crippen molar-refractivity contribution < 1.29 is 19.1 Å². The molecule has 0 N–H and O–H groups in total. The van der Waals surface area contributed by atoms with Crippen LogP contribution in [0, 0.1) is 0 Å². The van der Waals surface area contributed by atoms with Crippen LogP contribution >= 0.6 is 0 Å². The molecule has 208 valence electrons. The largest absolute Gasteiger partial charge is 0.466 e. The summed E-state index contributed by atoms with van der Waals surface area (Å²) in [6, 6.07) is 0. The molecular formula is C31H60O4. The topological polar surface area (TPSA) is 52.6 Å². The lowest BCUT2D eigenvalue weighted by atomic mass is 10.0. The van der Waals surface area contributed by atoms with Crippen LogP contribution in [0.1, 0.15) is 174 Å². The second-order valence-electron chi connectivity index (χ2n) is 10.4. The Morgan fingerprint density at radius 1 is 0.371 bits per heavy atom. The summed E-state index contributed by atoms with van der Waals surface area (Å²) in [5, 5.41) is 0. The van der Waals surface area contributed by atoms with Crippen molar-refractivity contribution in [2.75, 3.05) is 13.2 Å². The molecule has 0 amide bonds. The molecule has 0 aliphatic heterocycles. The highest BCUT2D eigenvalue weighted by molar-refractivity contribution is 5.69. The van der Waals surface area contributed by atoms with E-state index in [1.54, 1.807) is 0 Å². The van der Waals surface area contributed by atoms with E-state index in [1.165, 1.54) is 103 Å². The molecule has 0 atom stereocenters. The van der Waals surface area contributed by atoms with Crippen LogP contribution in [0.2, 0.25) is 0 Å². The van der Waals surface area contributed by atoms with Gasteiger partial charge in [-0.3, -0.25) is 9.59 Å². The molecular weight excluding hydrogens is 436 g/mol. The Kier molecular flexibility index (Phi) is 28.3. The summed E-state index contributed by atoms with van der Waals surface area (Å²) < 4.78 is 10.6. The van der Waals surface area contributed by atoms with Gasteiger partial charge in [0.25, 0.3) is 0 Å². The summed E-state index contributed by atoms with van der Waals surface area (Å²) in [6.07, 6.45) is 29.3. The van der Waals surface area contributed by atoms with Gasteiger partial charge < -0.3 is 9.47 Å². The molecule has 0 saturated heterocycles. The lowest BCUT2D eigenvalue weighted by molar-refractivity contribution is -0.144. The number of ether oxygens (including phenoxy) is 2. The minimum absolute atomic E-state index is 0.0926. The average molecular weight is 497 g/mol. The molecule has 0 unspecified atom stereocenters. The van der Waals surface area contributed by atoms with Gasteiger partial charge in [0.1, 0.15) is 0 Å². The number of carbonyl (C=O) groups is 2. The second-order valence-corrected chi connectivity index (χ2v) is 10.4. The number of rotatable bonds is 28. The van der Waals surface area contributed by atoms with E-state index >= 15 is 0 Å². The third-order valence-electron chi connectivity index (χ3n) is 6.78. The zero-order chi connectivity index (χ0) is 25.7. The number of esters is 2. The molecule has 0 bridgehead atoms. The Morgan fingerprint density at radius 2 is 0.629 bits per heavy atom. The molecule has 0 aliphatic carbocycles. The van der Waals surface area contributed by atoms with Crippen LogP contribution < -0.4 is 0 Å². The SMILES string of the molecule is CCCCCCCCCCCCCCCCCOC(=O)CCCCCC(=O)OCCCCCCC. The maximum atomic E-state index is 11.8. The average Bonchev–Trinajstić information content (AvgIpc) is 2.85. The van der Waals surface area contributed by atoms with Crippen LogP contribution in [-0.4, -0.2) is 25.2 Å². The monoisotopic (exact) mass is 496 g/mol. The first kappa shape index (κ1) is 33.9. The van der Waals surface area contributed by atoms with E-state index in [9.17, 15) is 9.59 Å². The van der Waals surface area contributed by atoms with Crippen LogP contribution in [-0.2, 0) is 19.1 Å². The van der Waals surface area contributed by atoms with Gasteiger partial charge in [-0.2, -0.15) is 0 Å². The minimum atomic E-state index is -0.101. The van der Waals surface area contributed by atoms with Crippen LogP contribution in [0.25, 0.3) is 0 Å². The molecule has 35 heavy (non-hydrogen) atoms. The van der Waals surface area contributed by atoms with Gasteiger partial charge in [-0.15, -0.1) is 0 Å². The maximum Gasteiger partial charge on any atom is 0.305 e. The van der Waals surface area contributed by atoms with Gasteiger partial charge in [0.2, 0.25) is 0 Å². The molecule has 0 heterocycles. The highest BCUT2D eigenvalue weighted by atomic mass is 16.5. The summed E-state index contributed by atoms with van der Waals surface area (Å²) in [4.78, 5) is 23.5. The summed E-state index contributed by atoms with van der Waals surface area (Å²) in [6.45, 7) is 5.58. The number of hydrogen-bond donors (Lipinski definition) is 0. The first-order valence-electron chi connectivity index (χ1n) is 15.5. The quantitative estimate of drug-likeness (QED) is 0.0798. The van der Waals surface area contributed by atoms with Crippen LogP contribution in [0.15, 0.2) is 0 Å². The second kappa shape index (κ2) is 29.2. The number of unbranched alkanes of at least 4 members (excludes halogenated alkanes) is 20. The summed E-state index contributed by atoms with van der Waals surface area (Å²) in [5.74, 6) is -0.193. The number of hydrogen-bond acceptors (Lipinski definition) is 4. The predicted octanol–water partition coefficient (Wildman–Crippen LogP) is 9.87. The fraction of sp³-hybridized carbons (Fsp3) is 0.935. The fourth-order valence-electron chi connectivity index (χ4n) is 4.41. The maximum absolute atomic E-state index is 11.8. The Bertz CT molecular complexity index is 449. The van der Waals surface area contributed by atoms with Crippen LogP contribution in [0.4, 0.5) is 0 Å². The summed E-state index contributed by atoms with van der Waals surface area (Å²) in [5.41, 5.74) is 0.